The second-order valence-electron chi connectivity index (χ2n) is 21.5. The lowest BCUT2D eigenvalue weighted by molar-refractivity contribution is -0.132. The van der Waals surface area contributed by atoms with Crippen LogP contribution < -0.4 is 16.4 Å². The van der Waals surface area contributed by atoms with E-state index in [2.05, 4.69) is 24.5 Å². The molecular weight excluding hydrogens is 853 g/mol. The lowest BCUT2D eigenvalue weighted by atomic mass is 10.0. The molecule has 69 heavy (non-hydrogen) atoms. The largest absolute Gasteiger partial charge is 0.370 e. The van der Waals surface area contributed by atoms with Crippen LogP contribution in [0.5, 0.6) is 0 Å². The highest BCUT2D eigenvalue weighted by molar-refractivity contribution is 5.78. The van der Waals surface area contributed by atoms with E-state index in [9.17, 15) is 19.2 Å². The third kappa shape index (κ3) is 55.1. The number of nitrogens with one attached hydrogen (secondary N) is 2. The fourth-order valence-corrected chi connectivity index (χ4v) is 9.90. The molecule has 8 heteroatoms. The Hall–Kier alpha value is -2.12. The summed E-state index contributed by atoms with van der Waals surface area (Å²) in [6, 6.07) is 0. The van der Waals surface area contributed by atoms with Crippen molar-refractivity contribution in [2.45, 2.75) is 341 Å². The standard InChI is InChI=1S/C61H120N4O4/c1-3-5-7-9-11-13-15-17-22-27-31-35-39-43-47-51-59(67)63-54-56-65(61(69)53-49-45-41-37-33-29-23-18-16-14-12-10-8-6-4-2)57-55-64-60(68)52-48-44-40-36-32-28-25-21-19-20-24-26-30-34-38-42-46-50-58(62)66/h3-57H2,1-2H3,(H2,62,66)(H,63,67)(H,64,68). The molecule has 0 atom stereocenters. The first kappa shape index (κ1) is 66.9. The first-order chi connectivity index (χ1) is 33.9. The number of rotatable bonds is 58. The molecule has 0 aromatic heterocycles. The lowest BCUT2D eigenvalue weighted by Crippen LogP contribution is -2.42. The summed E-state index contributed by atoms with van der Waals surface area (Å²) in [4.78, 5) is 51.5. The number of carbonyl (C=O) groups is 4. The number of hydrogen-bond acceptors (Lipinski definition) is 4. The van der Waals surface area contributed by atoms with Crippen molar-refractivity contribution >= 4 is 23.6 Å². The molecule has 8 nitrogen and oxygen atoms in total. The minimum Gasteiger partial charge on any atom is -0.370 e. The normalized spacial score (nSPS) is 11.3. The Kier molecular flexibility index (Phi) is 55.0. The molecule has 0 aromatic carbocycles. The molecule has 0 radical (unpaired) electrons. The highest BCUT2D eigenvalue weighted by Gasteiger charge is 2.14. The van der Waals surface area contributed by atoms with Gasteiger partial charge >= 0.3 is 0 Å². The van der Waals surface area contributed by atoms with E-state index >= 15 is 0 Å². The summed E-state index contributed by atoms with van der Waals surface area (Å²) in [5, 5.41) is 6.17. The molecule has 408 valence electrons. The molecule has 4 amide bonds. The summed E-state index contributed by atoms with van der Waals surface area (Å²) in [6.07, 6.45) is 62.6. The van der Waals surface area contributed by atoms with Gasteiger partial charge in [-0.15, -0.1) is 0 Å². The Balaban J connectivity index is 4.24. The van der Waals surface area contributed by atoms with Gasteiger partial charge in [0.05, 0.1) is 0 Å². The van der Waals surface area contributed by atoms with Gasteiger partial charge in [-0.1, -0.05) is 290 Å². The van der Waals surface area contributed by atoms with Crippen LogP contribution in [0.25, 0.3) is 0 Å². The minimum atomic E-state index is -0.173. The molecule has 0 heterocycles. The maximum atomic E-state index is 13.4. The van der Waals surface area contributed by atoms with Gasteiger partial charge < -0.3 is 21.3 Å². The van der Waals surface area contributed by atoms with E-state index in [0.717, 1.165) is 51.4 Å². The molecule has 0 aromatic rings. The predicted molar refractivity (Wildman–Crippen MR) is 299 cm³/mol. The monoisotopic (exact) mass is 973 g/mol. The van der Waals surface area contributed by atoms with Gasteiger partial charge in [0.1, 0.15) is 0 Å². The summed E-state index contributed by atoms with van der Waals surface area (Å²) in [5.41, 5.74) is 5.21. The van der Waals surface area contributed by atoms with E-state index in [1.54, 1.807) is 0 Å². The van der Waals surface area contributed by atoms with E-state index in [-0.39, 0.29) is 23.6 Å². The van der Waals surface area contributed by atoms with Gasteiger partial charge in [0.15, 0.2) is 0 Å². The molecule has 0 spiro atoms. The lowest BCUT2D eigenvalue weighted by Gasteiger charge is -2.23. The number of amides is 4. The van der Waals surface area contributed by atoms with E-state index < -0.39 is 0 Å². The van der Waals surface area contributed by atoms with Crippen molar-refractivity contribution in [3.63, 3.8) is 0 Å². The Bertz CT molecular complexity index is 1100. The Morgan fingerprint density at radius 1 is 0.290 bits per heavy atom. The zero-order chi connectivity index (χ0) is 50.2. The van der Waals surface area contributed by atoms with Crippen LogP contribution >= 0.6 is 0 Å². The fourth-order valence-electron chi connectivity index (χ4n) is 9.90. The van der Waals surface area contributed by atoms with Crippen LogP contribution in [0.1, 0.15) is 341 Å². The summed E-state index contributed by atoms with van der Waals surface area (Å²) >= 11 is 0. The number of nitrogens with two attached hydrogens (primary N) is 1. The first-order valence-electron chi connectivity index (χ1n) is 31.0. The predicted octanol–water partition coefficient (Wildman–Crippen LogP) is 17.5. The zero-order valence-electron chi connectivity index (χ0n) is 46.5. The van der Waals surface area contributed by atoms with Crippen molar-refractivity contribution in [2.24, 2.45) is 5.73 Å². The average Bonchev–Trinajstić information content (AvgIpc) is 3.34. The summed E-state index contributed by atoms with van der Waals surface area (Å²) < 4.78 is 0. The van der Waals surface area contributed by atoms with Crippen LogP contribution in [-0.2, 0) is 19.2 Å². The summed E-state index contributed by atoms with van der Waals surface area (Å²) in [5.74, 6) is 0.150. The SMILES string of the molecule is CCCCCCCCCCCCCCCCCC(=O)NCCN(CCNC(=O)CCCCCCCCCCCCCCCCCCCC(N)=O)C(=O)CCCCCCCCCCCCCCCCC. The average molecular weight is 974 g/mol. The fraction of sp³-hybridized carbons (Fsp3) is 0.934. The van der Waals surface area contributed by atoms with Gasteiger partial charge in [-0.25, -0.2) is 0 Å². The first-order valence-corrected chi connectivity index (χ1v) is 31.0. The van der Waals surface area contributed by atoms with Gasteiger partial charge in [-0.2, -0.15) is 0 Å². The number of hydrogen-bond donors (Lipinski definition) is 3. The second kappa shape index (κ2) is 56.8. The maximum Gasteiger partial charge on any atom is 0.222 e. The van der Waals surface area contributed by atoms with Gasteiger partial charge in [0, 0.05) is 51.9 Å². The molecule has 0 aliphatic rings. The van der Waals surface area contributed by atoms with Crippen molar-refractivity contribution in [3.05, 3.63) is 0 Å². The van der Waals surface area contributed by atoms with Crippen LogP contribution in [0.3, 0.4) is 0 Å². The molecule has 0 fully saturated rings. The van der Waals surface area contributed by atoms with Crippen LogP contribution in [0.4, 0.5) is 0 Å². The number of carbonyl (C=O) groups excluding carboxylic acids is 4. The quantitative estimate of drug-likeness (QED) is 0.0526. The van der Waals surface area contributed by atoms with Gasteiger partial charge in [0.25, 0.3) is 0 Å². The van der Waals surface area contributed by atoms with E-state index in [1.165, 1.54) is 250 Å². The maximum absolute atomic E-state index is 13.4. The van der Waals surface area contributed by atoms with Crippen LogP contribution in [0, 0.1) is 0 Å². The smallest absolute Gasteiger partial charge is 0.222 e. The second-order valence-corrected chi connectivity index (χ2v) is 21.5. The summed E-state index contributed by atoms with van der Waals surface area (Å²) in [7, 11) is 0. The topological polar surface area (TPSA) is 122 Å². The molecule has 0 saturated carbocycles. The molecule has 0 rings (SSSR count). The van der Waals surface area contributed by atoms with Crippen molar-refractivity contribution in [2.75, 3.05) is 26.2 Å². The highest BCUT2D eigenvalue weighted by atomic mass is 16.2. The van der Waals surface area contributed by atoms with E-state index in [1.807, 2.05) is 4.90 Å². The Morgan fingerprint density at radius 3 is 0.725 bits per heavy atom. The zero-order valence-corrected chi connectivity index (χ0v) is 46.5. The number of primary amides is 1. The van der Waals surface area contributed by atoms with Crippen molar-refractivity contribution in [3.8, 4) is 0 Å². The number of nitrogens with zero attached hydrogens (tertiary/aromatic N) is 1. The molecule has 0 aliphatic heterocycles. The van der Waals surface area contributed by atoms with Gasteiger partial charge in [0.2, 0.25) is 23.6 Å². The van der Waals surface area contributed by atoms with Crippen LogP contribution in [0.15, 0.2) is 0 Å². The summed E-state index contributed by atoms with van der Waals surface area (Å²) in [6.45, 7) is 6.50. The van der Waals surface area contributed by atoms with E-state index in [4.69, 9.17) is 5.73 Å². The van der Waals surface area contributed by atoms with Crippen molar-refractivity contribution in [1.82, 2.24) is 15.5 Å². The third-order valence-electron chi connectivity index (χ3n) is 14.6. The molecule has 0 aliphatic carbocycles. The molecular formula is C61H120N4O4. The Morgan fingerprint density at radius 2 is 0.493 bits per heavy atom. The molecule has 4 N–H and O–H groups in total. The van der Waals surface area contributed by atoms with E-state index in [0.29, 0.717) is 51.9 Å². The van der Waals surface area contributed by atoms with Crippen LogP contribution in [0.2, 0.25) is 0 Å². The Labute approximate surface area is 429 Å². The third-order valence-corrected chi connectivity index (χ3v) is 14.6. The number of unbranched alkanes of at least 4 members (excludes halogenated alkanes) is 44. The van der Waals surface area contributed by atoms with Crippen molar-refractivity contribution < 1.29 is 19.2 Å². The molecule has 0 saturated heterocycles. The van der Waals surface area contributed by atoms with Gasteiger partial charge in [-0.3, -0.25) is 19.2 Å². The van der Waals surface area contributed by atoms with Gasteiger partial charge in [-0.05, 0) is 25.7 Å². The van der Waals surface area contributed by atoms with Crippen LogP contribution in [-0.4, -0.2) is 54.7 Å². The highest BCUT2D eigenvalue weighted by Crippen LogP contribution is 2.17. The minimum absolute atomic E-state index is 0.0850. The van der Waals surface area contributed by atoms with Crippen molar-refractivity contribution in [1.29, 1.82) is 0 Å². The molecule has 0 bridgehead atoms. The molecule has 0 unspecified atom stereocenters.